The molecule has 2 saturated heterocycles. The van der Waals surface area contributed by atoms with E-state index in [2.05, 4.69) is 67.5 Å². The highest BCUT2D eigenvalue weighted by Gasteiger charge is 2.73. The first-order valence-electron chi connectivity index (χ1n) is 20.4. The van der Waals surface area contributed by atoms with Gasteiger partial charge in [0.2, 0.25) is 0 Å². The van der Waals surface area contributed by atoms with E-state index in [1.165, 1.54) is 18.1 Å². The van der Waals surface area contributed by atoms with E-state index >= 15 is 0 Å². The molecule has 2 aliphatic heterocycles. The predicted molar refractivity (Wildman–Crippen MR) is 199 cm³/mol. The minimum atomic E-state index is -1.68. The summed E-state index contributed by atoms with van der Waals surface area (Å²) in [5.74, 6) is 0.165. The maximum Gasteiger partial charge on any atom is 0.187 e. The Balaban J connectivity index is 1.39. The van der Waals surface area contributed by atoms with E-state index in [0.717, 1.165) is 25.7 Å². The Morgan fingerprint density at radius 2 is 1.44 bits per heavy atom. The molecule has 4 saturated carbocycles. The fourth-order valence-electron chi connectivity index (χ4n) is 12.9. The molecule has 54 heavy (non-hydrogen) atoms. The first-order valence-corrected chi connectivity index (χ1v) is 20.4. The predicted octanol–water partition coefficient (Wildman–Crippen LogP) is 2.95. The third kappa shape index (κ3) is 6.79. The number of aliphatic hydroxyl groups is 8. The van der Waals surface area contributed by atoms with Crippen molar-refractivity contribution in [2.24, 2.45) is 45.3 Å². The van der Waals surface area contributed by atoms with Crippen molar-refractivity contribution in [2.45, 2.75) is 187 Å². The number of rotatable bonds is 8. The molecule has 12 heteroatoms. The van der Waals surface area contributed by atoms with Crippen LogP contribution in [0.5, 0.6) is 0 Å². The van der Waals surface area contributed by atoms with Crippen molar-refractivity contribution in [1.82, 2.24) is 0 Å². The molecular weight excluding hydrogens is 696 g/mol. The fourth-order valence-corrected chi connectivity index (χ4v) is 12.9. The molecule has 0 aromatic rings. The quantitative estimate of drug-likeness (QED) is 0.133. The second-order valence-electron chi connectivity index (χ2n) is 19.6. The fraction of sp³-hybridized carbons (Fsp3) is 0.905. The molecule has 1 unspecified atom stereocenters. The zero-order chi connectivity index (χ0) is 39.9. The van der Waals surface area contributed by atoms with Crippen LogP contribution in [0, 0.1) is 45.3 Å². The highest BCUT2D eigenvalue weighted by atomic mass is 16.8. The van der Waals surface area contributed by atoms with Crippen LogP contribution >= 0.6 is 0 Å². The van der Waals surface area contributed by atoms with E-state index in [0.29, 0.717) is 19.3 Å². The van der Waals surface area contributed by atoms with Crippen LogP contribution in [-0.4, -0.2) is 127 Å². The summed E-state index contributed by atoms with van der Waals surface area (Å²) in [7, 11) is 0. The Kier molecular flexibility index (Phi) is 12.1. The van der Waals surface area contributed by atoms with E-state index in [1.54, 1.807) is 0 Å². The number of ether oxygens (including phenoxy) is 4. The van der Waals surface area contributed by atoms with Crippen LogP contribution in [0.15, 0.2) is 23.3 Å². The maximum atomic E-state index is 12.2. The SMILES string of the molecule is CC(C)=CC/C=C(\C)[C@H]1CC[C@]2(C)[C@@H]1[C@H](O)CC1[C@@]3(C)CC[C@H](O)C(C)(C)[C@@H]3[C@@H](O[C@@H]3O[C@H](CO)[C@@H](O)[C@H](O)[C@H]3O[C@@H]3O[C@@H](C)[C@H](O)[C@@H](O)[C@H]3O)C[C@]12C. The molecule has 20 atom stereocenters. The van der Waals surface area contributed by atoms with Gasteiger partial charge < -0.3 is 59.8 Å². The van der Waals surface area contributed by atoms with E-state index in [9.17, 15) is 40.9 Å². The molecule has 0 bridgehead atoms. The normalized spacial score (nSPS) is 53.3. The van der Waals surface area contributed by atoms with E-state index < -0.39 is 91.7 Å². The lowest BCUT2D eigenvalue weighted by molar-refractivity contribution is -0.381. The van der Waals surface area contributed by atoms with Gasteiger partial charge in [0.15, 0.2) is 12.6 Å². The number of hydrogen-bond acceptors (Lipinski definition) is 12. The molecule has 0 radical (unpaired) electrons. The van der Waals surface area contributed by atoms with Gasteiger partial charge in [-0.1, -0.05) is 57.9 Å². The van der Waals surface area contributed by atoms with Gasteiger partial charge in [0.25, 0.3) is 0 Å². The monoisotopic (exact) mass is 766 g/mol. The largest absolute Gasteiger partial charge is 0.394 e. The van der Waals surface area contributed by atoms with Gasteiger partial charge in [-0.3, -0.25) is 0 Å². The minimum Gasteiger partial charge on any atom is -0.394 e. The third-order valence-corrected chi connectivity index (χ3v) is 16.0. The van der Waals surface area contributed by atoms with E-state index in [-0.39, 0.29) is 39.9 Å². The molecule has 310 valence electrons. The van der Waals surface area contributed by atoms with Gasteiger partial charge >= 0.3 is 0 Å². The van der Waals surface area contributed by atoms with Crippen molar-refractivity contribution >= 4 is 0 Å². The summed E-state index contributed by atoms with van der Waals surface area (Å²) in [5.41, 5.74) is 1.01. The van der Waals surface area contributed by atoms with Gasteiger partial charge in [-0.25, -0.2) is 0 Å². The molecule has 4 aliphatic carbocycles. The van der Waals surface area contributed by atoms with Gasteiger partial charge in [-0.2, -0.15) is 0 Å². The van der Waals surface area contributed by atoms with Gasteiger partial charge in [0.05, 0.1) is 31.0 Å². The van der Waals surface area contributed by atoms with Crippen molar-refractivity contribution in [3.63, 3.8) is 0 Å². The van der Waals surface area contributed by atoms with Crippen LogP contribution in [0.25, 0.3) is 0 Å². The molecule has 2 heterocycles. The Morgan fingerprint density at radius 1 is 0.759 bits per heavy atom. The molecule has 6 aliphatic rings. The summed E-state index contributed by atoms with van der Waals surface area (Å²) in [6.07, 6.45) is -6.05. The molecule has 0 spiro atoms. The van der Waals surface area contributed by atoms with Crippen LogP contribution < -0.4 is 0 Å². The van der Waals surface area contributed by atoms with Crippen LogP contribution in [0.2, 0.25) is 0 Å². The summed E-state index contributed by atoms with van der Waals surface area (Å²) >= 11 is 0. The standard InChI is InChI=1S/C42H70O12/c1-20(2)11-10-12-21(3)23-13-16-41(8)29(23)24(44)17-27-40(7)15-14-28(45)39(5,6)36(40)25(18-42(27,41)9)52-38-35(33(49)31(47)26(19-43)53-38)54-37-34(50)32(48)30(46)22(4)51-37/h11-12,22-38,43-50H,10,13-19H2,1-9H3/b21-12+/t22-,23+,24+,25-,26+,27?,28-,29-,30-,31+,32+,33-,34+,35+,36-,37-,38+,40+,41+,42+/m0/s1. The Hall–Kier alpha value is -1.00. The van der Waals surface area contributed by atoms with Gasteiger partial charge in [0, 0.05) is 0 Å². The lowest BCUT2D eigenvalue weighted by Gasteiger charge is -2.72. The Bertz CT molecular complexity index is 1400. The number of hydrogen-bond donors (Lipinski definition) is 8. The average molecular weight is 767 g/mol. The lowest BCUT2D eigenvalue weighted by Crippen LogP contribution is -2.71. The van der Waals surface area contributed by atoms with Crippen LogP contribution in [0.4, 0.5) is 0 Å². The third-order valence-electron chi connectivity index (χ3n) is 16.0. The Labute approximate surface area is 321 Å². The van der Waals surface area contributed by atoms with Gasteiger partial charge in [-0.15, -0.1) is 0 Å². The van der Waals surface area contributed by atoms with E-state index in [1.807, 2.05) is 0 Å². The summed E-state index contributed by atoms with van der Waals surface area (Å²) in [5, 5.41) is 88.2. The van der Waals surface area contributed by atoms with Crippen molar-refractivity contribution in [3.05, 3.63) is 23.3 Å². The number of aliphatic hydroxyl groups excluding tert-OH is 8. The summed E-state index contributed by atoms with van der Waals surface area (Å²) in [4.78, 5) is 0. The van der Waals surface area contributed by atoms with Crippen LogP contribution in [-0.2, 0) is 18.9 Å². The first-order chi connectivity index (χ1) is 25.1. The van der Waals surface area contributed by atoms with Crippen molar-refractivity contribution in [2.75, 3.05) is 6.61 Å². The van der Waals surface area contributed by atoms with Crippen molar-refractivity contribution < 1.29 is 59.8 Å². The lowest BCUT2D eigenvalue weighted by atomic mass is 9.34. The van der Waals surface area contributed by atoms with Crippen molar-refractivity contribution in [1.29, 1.82) is 0 Å². The summed E-state index contributed by atoms with van der Waals surface area (Å²) in [6.45, 7) is 18.5. The van der Waals surface area contributed by atoms with Gasteiger partial charge in [-0.05, 0) is 118 Å². The molecule has 0 aromatic heterocycles. The summed E-state index contributed by atoms with van der Waals surface area (Å²) in [6, 6.07) is 0. The van der Waals surface area contributed by atoms with Crippen molar-refractivity contribution in [3.8, 4) is 0 Å². The zero-order valence-corrected chi connectivity index (χ0v) is 33.8. The highest BCUT2D eigenvalue weighted by molar-refractivity contribution is 5.24. The topological polar surface area (TPSA) is 199 Å². The maximum absolute atomic E-state index is 12.2. The highest BCUT2D eigenvalue weighted by Crippen LogP contribution is 2.76. The number of allylic oxidation sites excluding steroid dienone is 4. The average Bonchev–Trinajstić information content (AvgIpc) is 3.48. The molecule has 0 amide bonds. The first kappa shape index (κ1) is 42.6. The van der Waals surface area contributed by atoms with E-state index in [4.69, 9.17) is 18.9 Å². The summed E-state index contributed by atoms with van der Waals surface area (Å²) < 4.78 is 25.2. The molecular formula is C42H70O12. The Morgan fingerprint density at radius 3 is 2.09 bits per heavy atom. The minimum absolute atomic E-state index is 0.0381. The second kappa shape index (κ2) is 15.3. The smallest absolute Gasteiger partial charge is 0.187 e. The van der Waals surface area contributed by atoms with Gasteiger partial charge in [0.1, 0.15) is 42.7 Å². The number of fused-ring (bicyclic) bond motifs is 5. The van der Waals surface area contributed by atoms with Crippen LogP contribution in [0.3, 0.4) is 0 Å². The second-order valence-corrected chi connectivity index (χ2v) is 19.6. The molecule has 6 rings (SSSR count). The van der Waals surface area contributed by atoms with Crippen LogP contribution in [0.1, 0.15) is 107 Å². The molecule has 8 N–H and O–H groups in total. The zero-order valence-electron chi connectivity index (χ0n) is 33.8. The molecule has 0 aromatic carbocycles. The molecule has 6 fully saturated rings. The molecule has 12 nitrogen and oxygen atoms in total.